The Kier molecular flexibility index (Phi) is 3.24. The van der Waals surface area contributed by atoms with E-state index in [0.29, 0.717) is 5.92 Å². The van der Waals surface area contributed by atoms with Crippen molar-refractivity contribution in [3.8, 4) is 0 Å². The molecule has 1 aliphatic heterocycles. The lowest BCUT2D eigenvalue weighted by atomic mass is 9.87. The maximum absolute atomic E-state index is 3.47. The second-order valence-electron chi connectivity index (χ2n) is 3.98. The van der Waals surface area contributed by atoms with E-state index in [1.807, 2.05) is 0 Å². The number of nitrogens with one attached hydrogen (secondary N) is 1. The summed E-state index contributed by atoms with van der Waals surface area (Å²) in [4.78, 5) is 0. The fraction of sp³-hybridized carbons (Fsp3) is 0.500. The van der Waals surface area contributed by atoms with E-state index >= 15 is 0 Å². The van der Waals surface area contributed by atoms with E-state index in [-0.39, 0.29) is 0 Å². The molecule has 0 bridgehead atoms. The third kappa shape index (κ3) is 2.01. The van der Waals surface area contributed by atoms with Gasteiger partial charge < -0.3 is 5.32 Å². The lowest BCUT2D eigenvalue weighted by Gasteiger charge is -2.16. The first-order valence-corrected chi connectivity index (χ1v) is 6.06. The molecule has 1 aliphatic rings. The number of hydrogen-bond acceptors (Lipinski definition) is 1. The van der Waals surface area contributed by atoms with Crippen LogP contribution >= 0.6 is 15.9 Å². The van der Waals surface area contributed by atoms with Crippen LogP contribution in [0.25, 0.3) is 0 Å². The first kappa shape index (κ1) is 10.2. The first-order valence-electron chi connectivity index (χ1n) is 5.27. The van der Waals surface area contributed by atoms with Crippen LogP contribution in [-0.2, 0) is 0 Å². The molecule has 2 atom stereocenters. The molecule has 0 aromatic heterocycles. The topological polar surface area (TPSA) is 12.0 Å². The molecule has 1 nitrogen and oxygen atoms in total. The summed E-state index contributed by atoms with van der Waals surface area (Å²) < 4.78 is 1.17. The Morgan fingerprint density at radius 2 is 2.00 bits per heavy atom. The highest BCUT2D eigenvalue weighted by atomic mass is 79.9. The van der Waals surface area contributed by atoms with Crippen LogP contribution < -0.4 is 5.32 Å². The smallest absolute Gasteiger partial charge is 0.0175 e. The number of rotatable bonds is 2. The fourth-order valence-electron chi connectivity index (χ4n) is 2.26. The minimum absolute atomic E-state index is 0.716. The Bertz CT molecular complexity index is 294. The monoisotopic (exact) mass is 253 g/mol. The largest absolute Gasteiger partial charge is 0.316 e. The molecule has 14 heavy (non-hydrogen) atoms. The van der Waals surface area contributed by atoms with Crippen molar-refractivity contribution in [2.75, 3.05) is 13.1 Å². The van der Waals surface area contributed by atoms with Crippen LogP contribution in [0.5, 0.6) is 0 Å². The Balaban J connectivity index is 2.17. The van der Waals surface area contributed by atoms with Crippen LogP contribution in [0.1, 0.15) is 24.8 Å². The highest BCUT2D eigenvalue weighted by Gasteiger charge is 2.26. The van der Waals surface area contributed by atoms with Crippen LogP contribution in [0.2, 0.25) is 0 Å². The molecule has 0 amide bonds. The number of halogens is 1. The van der Waals surface area contributed by atoms with Gasteiger partial charge in [-0.05, 0) is 30.2 Å². The van der Waals surface area contributed by atoms with Crippen LogP contribution in [0, 0.1) is 5.92 Å². The summed E-state index contributed by atoms with van der Waals surface area (Å²) in [6.07, 6.45) is 1.27. The lowest BCUT2D eigenvalue weighted by Crippen LogP contribution is -2.09. The molecular formula is C12H16BrN. The zero-order valence-corrected chi connectivity index (χ0v) is 10.0. The van der Waals surface area contributed by atoms with Gasteiger partial charge in [-0.1, -0.05) is 41.4 Å². The summed E-state index contributed by atoms with van der Waals surface area (Å²) in [5.41, 5.74) is 1.48. The summed E-state index contributed by atoms with van der Waals surface area (Å²) in [6.45, 7) is 4.60. The van der Waals surface area contributed by atoms with E-state index in [4.69, 9.17) is 0 Å². The second-order valence-corrected chi connectivity index (χ2v) is 4.90. The standard InChI is InChI=1S/C12H16BrN/c1-2-9-7-14-8-12(9)10-3-5-11(13)6-4-10/h3-6,9,12,14H,2,7-8H2,1H3/t9-,12-/m1/s1. The van der Waals surface area contributed by atoms with Gasteiger partial charge in [-0.3, -0.25) is 0 Å². The molecule has 1 aromatic rings. The normalized spacial score (nSPS) is 26.7. The van der Waals surface area contributed by atoms with Crippen molar-refractivity contribution in [1.29, 1.82) is 0 Å². The van der Waals surface area contributed by atoms with Crippen LogP contribution in [0.3, 0.4) is 0 Å². The van der Waals surface area contributed by atoms with Gasteiger partial charge in [0.1, 0.15) is 0 Å². The van der Waals surface area contributed by atoms with E-state index in [2.05, 4.69) is 52.4 Å². The van der Waals surface area contributed by atoms with E-state index in [1.54, 1.807) is 0 Å². The summed E-state index contributed by atoms with van der Waals surface area (Å²) in [7, 11) is 0. The fourth-order valence-corrected chi connectivity index (χ4v) is 2.53. The molecule has 0 unspecified atom stereocenters. The first-order chi connectivity index (χ1) is 6.81. The second kappa shape index (κ2) is 4.45. The summed E-state index contributed by atoms with van der Waals surface area (Å²) in [5.74, 6) is 1.53. The summed E-state index contributed by atoms with van der Waals surface area (Å²) >= 11 is 3.47. The van der Waals surface area contributed by atoms with Crippen molar-refractivity contribution in [2.45, 2.75) is 19.3 Å². The Morgan fingerprint density at radius 3 is 2.64 bits per heavy atom. The molecule has 1 aromatic carbocycles. The molecule has 2 heteroatoms. The van der Waals surface area contributed by atoms with Gasteiger partial charge in [0.2, 0.25) is 0 Å². The van der Waals surface area contributed by atoms with E-state index in [0.717, 1.165) is 12.5 Å². The predicted molar refractivity (Wildman–Crippen MR) is 63.5 cm³/mol. The molecule has 1 saturated heterocycles. The van der Waals surface area contributed by atoms with E-state index in [9.17, 15) is 0 Å². The predicted octanol–water partition coefficient (Wildman–Crippen LogP) is 3.16. The van der Waals surface area contributed by atoms with Gasteiger partial charge in [0.05, 0.1) is 0 Å². The van der Waals surface area contributed by atoms with Crippen LogP contribution in [-0.4, -0.2) is 13.1 Å². The van der Waals surface area contributed by atoms with Crippen molar-refractivity contribution in [3.63, 3.8) is 0 Å². The molecular weight excluding hydrogens is 238 g/mol. The molecule has 1 heterocycles. The van der Waals surface area contributed by atoms with Crippen molar-refractivity contribution in [2.24, 2.45) is 5.92 Å². The molecule has 0 saturated carbocycles. The van der Waals surface area contributed by atoms with Crippen molar-refractivity contribution < 1.29 is 0 Å². The van der Waals surface area contributed by atoms with Crippen LogP contribution in [0.15, 0.2) is 28.7 Å². The van der Waals surface area contributed by atoms with Gasteiger partial charge in [-0.15, -0.1) is 0 Å². The highest BCUT2D eigenvalue weighted by Crippen LogP contribution is 2.30. The van der Waals surface area contributed by atoms with Gasteiger partial charge in [-0.25, -0.2) is 0 Å². The number of hydrogen-bond donors (Lipinski definition) is 1. The molecule has 2 rings (SSSR count). The van der Waals surface area contributed by atoms with Crippen LogP contribution in [0.4, 0.5) is 0 Å². The molecule has 0 spiro atoms. The van der Waals surface area contributed by atoms with Gasteiger partial charge in [-0.2, -0.15) is 0 Å². The number of benzene rings is 1. The van der Waals surface area contributed by atoms with Crippen molar-refractivity contribution in [1.82, 2.24) is 5.32 Å². The van der Waals surface area contributed by atoms with Crippen molar-refractivity contribution in [3.05, 3.63) is 34.3 Å². The molecule has 0 radical (unpaired) electrons. The molecule has 1 N–H and O–H groups in total. The van der Waals surface area contributed by atoms with Gasteiger partial charge in [0, 0.05) is 16.9 Å². The SMILES string of the molecule is CC[C@@H]1CNC[C@H]1c1ccc(Br)cc1. The third-order valence-corrected chi connectivity index (χ3v) is 3.69. The average Bonchev–Trinajstić information content (AvgIpc) is 2.67. The molecule has 1 fully saturated rings. The van der Waals surface area contributed by atoms with E-state index in [1.165, 1.54) is 23.0 Å². The average molecular weight is 254 g/mol. The maximum Gasteiger partial charge on any atom is 0.0175 e. The zero-order valence-electron chi connectivity index (χ0n) is 8.46. The summed E-state index contributed by atoms with van der Waals surface area (Å²) in [5, 5.41) is 3.47. The quantitative estimate of drug-likeness (QED) is 0.854. The molecule has 76 valence electrons. The molecule has 0 aliphatic carbocycles. The third-order valence-electron chi connectivity index (χ3n) is 3.16. The minimum Gasteiger partial charge on any atom is -0.316 e. The zero-order chi connectivity index (χ0) is 9.97. The van der Waals surface area contributed by atoms with Gasteiger partial charge >= 0.3 is 0 Å². The Labute approximate surface area is 94.0 Å². The minimum atomic E-state index is 0.716. The van der Waals surface area contributed by atoms with Crippen molar-refractivity contribution >= 4 is 15.9 Å². The van der Waals surface area contributed by atoms with Gasteiger partial charge in [0.25, 0.3) is 0 Å². The maximum atomic E-state index is 3.47. The van der Waals surface area contributed by atoms with E-state index < -0.39 is 0 Å². The lowest BCUT2D eigenvalue weighted by molar-refractivity contribution is 0.503. The van der Waals surface area contributed by atoms with Gasteiger partial charge in [0.15, 0.2) is 0 Å². The highest BCUT2D eigenvalue weighted by molar-refractivity contribution is 9.10. The summed E-state index contributed by atoms with van der Waals surface area (Å²) in [6, 6.07) is 8.76. The Hall–Kier alpha value is -0.340. The Morgan fingerprint density at radius 1 is 1.29 bits per heavy atom.